The SMILES string of the molecule is COCCN(CC1CN(Cc2ccc([N+](=O)[O-])cc2)CC1c1cccc(F)c1)C(=O)C(C)C. The molecule has 2 aromatic rings. The highest BCUT2D eigenvalue weighted by atomic mass is 19.1. The molecule has 1 amide bonds. The fourth-order valence-corrected chi connectivity index (χ4v) is 4.51. The number of non-ortho nitro benzene ring substituents is 1. The molecule has 0 saturated carbocycles. The number of methoxy groups -OCH3 is 1. The quantitative estimate of drug-likeness (QED) is 0.397. The van der Waals surface area contributed by atoms with E-state index >= 15 is 0 Å². The number of likely N-dealkylation sites (tertiary alicyclic amines) is 1. The molecule has 0 aromatic heterocycles. The number of carbonyl (C=O) groups excluding carboxylic acids is 1. The van der Waals surface area contributed by atoms with E-state index in [9.17, 15) is 19.3 Å². The normalized spacial score (nSPS) is 18.6. The number of hydrogen-bond donors (Lipinski definition) is 0. The van der Waals surface area contributed by atoms with E-state index < -0.39 is 4.92 Å². The van der Waals surface area contributed by atoms with Crippen LogP contribution >= 0.6 is 0 Å². The van der Waals surface area contributed by atoms with Crippen molar-refractivity contribution < 1.29 is 18.8 Å². The number of nitrogens with zero attached hydrogens (tertiary/aromatic N) is 3. The summed E-state index contributed by atoms with van der Waals surface area (Å²) in [7, 11) is 1.62. The first-order valence-electron chi connectivity index (χ1n) is 11.3. The number of benzene rings is 2. The Kier molecular flexibility index (Phi) is 8.52. The van der Waals surface area contributed by atoms with E-state index in [1.54, 1.807) is 31.4 Å². The zero-order chi connectivity index (χ0) is 24.0. The van der Waals surface area contributed by atoms with Crippen molar-refractivity contribution in [1.29, 1.82) is 0 Å². The molecule has 0 N–H and O–H groups in total. The average molecular weight is 458 g/mol. The van der Waals surface area contributed by atoms with E-state index in [0.717, 1.165) is 24.2 Å². The molecule has 2 atom stereocenters. The standard InChI is InChI=1S/C25H32FN3O4/c1-18(2)25(30)28(11-12-33-3)16-21-15-27(14-19-7-9-23(10-8-19)29(31)32)17-24(21)20-5-4-6-22(26)13-20/h4-10,13,18,21,24H,11-12,14-17H2,1-3H3. The molecule has 0 aliphatic carbocycles. The molecular formula is C25H32FN3O4. The van der Waals surface area contributed by atoms with Crippen LogP contribution in [0.5, 0.6) is 0 Å². The second-order valence-corrected chi connectivity index (χ2v) is 8.97. The maximum absolute atomic E-state index is 14.0. The monoisotopic (exact) mass is 457 g/mol. The minimum atomic E-state index is -0.407. The van der Waals surface area contributed by atoms with Crippen LogP contribution in [-0.4, -0.2) is 60.5 Å². The summed E-state index contributed by atoms with van der Waals surface area (Å²) < 4.78 is 19.2. The largest absolute Gasteiger partial charge is 0.383 e. The number of nitro groups is 1. The summed E-state index contributed by atoms with van der Waals surface area (Å²) in [5.74, 6) is -0.103. The Morgan fingerprint density at radius 3 is 2.58 bits per heavy atom. The van der Waals surface area contributed by atoms with E-state index in [2.05, 4.69) is 4.90 Å². The summed E-state index contributed by atoms with van der Waals surface area (Å²) in [6, 6.07) is 13.3. The van der Waals surface area contributed by atoms with Crippen LogP contribution in [0.25, 0.3) is 0 Å². The lowest BCUT2D eigenvalue weighted by atomic mass is 9.88. The van der Waals surface area contributed by atoms with Gasteiger partial charge in [0.15, 0.2) is 0 Å². The van der Waals surface area contributed by atoms with Crippen molar-refractivity contribution >= 4 is 11.6 Å². The highest BCUT2D eigenvalue weighted by molar-refractivity contribution is 5.78. The van der Waals surface area contributed by atoms with E-state index in [0.29, 0.717) is 26.2 Å². The summed E-state index contributed by atoms with van der Waals surface area (Å²) in [5.41, 5.74) is 1.97. The second-order valence-electron chi connectivity index (χ2n) is 8.97. The van der Waals surface area contributed by atoms with E-state index in [1.165, 1.54) is 18.2 Å². The van der Waals surface area contributed by atoms with Crippen LogP contribution in [0.15, 0.2) is 48.5 Å². The molecule has 1 aliphatic rings. The van der Waals surface area contributed by atoms with Crippen LogP contribution in [0.2, 0.25) is 0 Å². The van der Waals surface area contributed by atoms with Gasteiger partial charge in [-0.15, -0.1) is 0 Å². The van der Waals surface area contributed by atoms with Gasteiger partial charge in [-0.1, -0.05) is 38.1 Å². The van der Waals surface area contributed by atoms with Crippen molar-refractivity contribution in [3.63, 3.8) is 0 Å². The molecule has 1 saturated heterocycles. The molecule has 0 radical (unpaired) electrons. The number of rotatable bonds is 10. The topological polar surface area (TPSA) is 75.9 Å². The maximum Gasteiger partial charge on any atom is 0.269 e. The third kappa shape index (κ3) is 6.58. The first kappa shape index (κ1) is 24.8. The van der Waals surface area contributed by atoms with Crippen LogP contribution in [0, 0.1) is 27.8 Å². The highest BCUT2D eigenvalue weighted by Gasteiger charge is 2.36. The van der Waals surface area contributed by atoms with Crippen molar-refractivity contribution in [2.75, 3.05) is 39.9 Å². The Balaban J connectivity index is 1.80. The van der Waals surface area contributed by atoms with Gasteiger partial charge >= 0.3 is 0 Å². The van der Waals surface area contributed by atoms with Crippen LogP contribution in [-0.2, 0) is 16.1 Å². The molecule has 178 valence electrons. The lowest BCUT2D eigenvalue weighted by molar-refractivity contribution is -0.384. The zero-order valence-electron chi connectivity index (χ0n) is 19.4. The van der Waals surface area contributed by atoms with Gasteiger partial charge in [0.25, 0.3) is 5.69 Å². The molecule has 33 heavy (non-hydrogen) atoms. The fraction of sp³-hybridized carbons (Fsp3) is 0.480. The van der Waals surface area contributed by atoms with Gasteiger partial charge in [-0.2, -0.15) is 0 Å². The number of ether oxygens (including phenoxy) is 1. The molecule has 1 heterocycles. The Hall–Kier alpha value is -2.84. The zero-order valence-corrected chi connectivity index (χ0v) is 19.4. The Morgan fingerprint density at radius 2 is 1.97 bits per heavy atom. The van der Waals surface area contributed by atoms with Gasteiger partial charge < -0.3 is 9.64 Å². The second kappa shape index (κ2) is 11.3. The maximum atomic E-state index is 14.0. The fourth-order valence-electron chi connectivity index (χ4n) is 4.51. The third-order valence-corrected chi connectivity index (χ3v) is 6.17. The lowest BCUT2D eigenvalue weighted by Crippen LogP contribution is -2.41. The van der Waals surface area contributed by atoms with Gasteiger partial charge in [-0.25, -0.2) is 4.39 Å². The summed E-state index contributed by atoms with van der Waals surface area (Å²) in [4.78, 5) is 27.5. The van der Waals surface area contributed by atoms with Gasteiger partial charge in [-0.3, -0.25) is 19.8 Å². The number of hydrogen-bond acceptors (Lipinski definition) is 5. The molecule has 2 aromatic carbocycles. The average Bonchev–Trinajstić information content (AvgIpc) is 3.18. The molecule has 7 nitrogen and oxygen atoms in total. The van der Waals surface area contributed by atoms with Gasteiger partial charge in [0.05, 0.1) is 11.5 Å². The molecule has 2 unspecified atom stereocenters. The molecule has 0 bridgehead atoms. The van der Waals surface area contributed by atoms with E-state index in [4.69, 9.17) is 4.74 Å². The van der Waals surface area contributed by atoms with Crippen LogP contribution in [0.1, 0.15) is 30.9 Å². The number of carbonyl (C=O) groups is 1. The lowest BCUT2D eigenvalue weighted by Gasteiger charge is -2.29. The van der Waals surface area contributed by atoms with Crippen molar-refractivity contribution in [1.82, 2.24) is 9.80 Å². The highest BCUT2D eigenvalue weighted by Crippen LogP contribution is 2.35. The molecule has 1 fully saturated rings. The number of amides is 1. The van der Waals surface area contributed by atoms with Crippen LogP contribution < -0.4 is 0 Å². The van der Waals surface area contributed by atoms with E-state index in [1.807, 2.05) is 24.8 Å². The molecule has 1 aliphatic heterocycles. The molecular weight excluding hydrogens is 425 g/mol. The van der Waals surface area contributed by atoms with Gasteiger partial charge in [0, 0.05) is 63.8 Å². The first-order chi connectivity index (χ1) is 15.8. The van der Waals surface area contributed by atoms with Gasteiger partial charge in [-0.05, 0) is 29.2 Å². The van der Waals surface area contributed by atoms with Gasteiger partial charge in [0.1, 0.15) is 5.82 Å². The van der Waals surface area contributed by atoms with Crippen LogP contribution in [0.3, 0.4) is 0 Å². The predicted molar refractivity (Wildman–Crippen MR) is 124 cm³/mol. The smallest absolute Gasteiger partial charge is 0.269 e. The van der Waals surface area contributed by atoms with Crippen molar-refractivity contribution in [2.24, 2.45) is 11.8 Å². The summed E-state index contributed by atoms with van der Waals surface area (Å²) >= 11 is 0. The first-order valence-corrected chi connectivity index (χ1v) is 11.3. The van der Waals surface area contributed by atoms with Crippen molar-refractivity contribution in [3.05, 3.63) is 75.6 Å². The molecule has 8 heteroatoms. The summed E-state index contributed by atoms with van der Waals surface area (Å²) in [6.07, 6.45) is 0. The van der Waals surface area contributed by atoms with E-state index in [-0.39, 0.29) is 35.2 Å². The summed E-state index contributed by atoms with van der Waals surface area (Å²) in [5, 5.41) is 10.9. The minimum Gasteiger partial charge on any atom is -0.383 e. The Bertz CT molecular complexity index is 951. The molecule has 0 spiro atoms. The third-order valence-electron chi connectivity index (χ3n) is 6.17. The Morgan fingerprint density at radius 1 is 1.24 bits per heavy atom. The summed E-state index contributed by atoms with van der Waals surface area (Å²) in [6.45, 7) is 7.43. The Labute approximate surface area is 194 Å². The number of nitro benzene ring substituents is 1. The molecule has 3 rings (SSSR count). The predicted octanol–water partition coefficient (Wildman–Crippen LogP) is 4.08. The number of halogens is 1. The van der Waals surface area contributed by atoms with Gasteiger partial charge in [0.2, 0.25) is 5.91 Å². The minimum absolute atomic E-state index is 0.0664. The van der Waals surface area contributed by atoms with Crippen molar-refractivity contribution in [2.45, 2.75) is 26.3 Å². The van der Waals surface area contributed by atoms with Crippen molar-refractivity contribution in [3.8, 4) is 0 Å². The van der Waals surface area contributed by atoms with Crippen LogP contribution in [0.4, 0.5) is 10.1 Å².